The molecule has 0 fully saturated rings. The van der Waals surface area contributed by atoms with E-state index in [0.717, 1.165) is 0 Å². The second-order valence-corrected chi connectivity index (χ2v) is 2.73. The Labute approximate surface area is 94.8 Å². The Morgan fingerprint density at radius 1 is 1.20 bits per heavy atom. The monoisotopic (exact) mass is 231 g/mol. The minimum absolute atomic E-state index is 0. The maximum atomic E-state index is 11.3. The van der Waals surface area contributed by atoms with Crippen molar-refractivity contribution in [2.45, 2.75) is 0 Å². The van der Waals surface area contributed by atoms with Crippen molar-refractivity contribution in [3.63, 3.8) is 0 Å². The number of hydrogen-bond acceptors (Lipinski definition) is 4. The molecule has 0 saturated carbocycles. The number of ether oxygens (including phenoxy) is 2. The molecule has 4 nitrogen and oxygen atoms in total. The highest BCUT2D eigenvalue weighted by atomic mass is 35.5. The average Bonchev–Trinajstić information content (AvgIpc) is 2.27. The van der Waals surface area contributed by atoms with Crippen molar-refractivity contribution in [1.29, 1.82) is 0 Å². The van der Waals surface area contributed by atoms with Gasteiger partial charge in [0.1, 0.15) is 11.5 Å². The van der Waals surface area contributed by atoms with Gasteiger partial charge in [0.2, 0.25) is 0 Å². The van der Waals surface area contributed by atoms with E-state index in [2.05, 4.69) is 0 Å². The molecule has 0 amide bonds. The second-order valence-electron chi connectivity index (χ2n) is 2.73. The van der Waals surface area contributed by atoms with Crippen LogP contribution in [0.1, 0.15) is 10.4 Å². The number of benzene rings is 1. The summed E-state index contributed by atoms with van der Waals surface area (Å²) in [6.45, 7) is -0.0175. The zero-order chi connectivity index (χ0) is 10.6. The van der Waals surface area contributed by atoms with E-state index in [4.69, 9.17) is 15.2 Å². The molecule has 1 aromatic carbocycles. The Kier molecular flexibility index (Phi) is 5.74. The third-order valence-corrected chi connectivity index (χ3v) is 1.86. The van der Waals surface area contributed by atoms with Gasteiger partial charge in [-0.25, -0.2) is 0 Å². The van der Waals surface area contributed by atoms with Gasteiger partial charge in [0.25, 0.3) is 0 Å². The summed E-state index contributed by atoms with van der Waals surface area (Å²) < 4.78 is 10.0. The molecule has 0 heterocycles. The van der Waals surface area contributed by atoms with Gasteiger partial charge < -0.3 is 15.2 Å². The lowest BCUT2D eigenvalue weighted by molar-refractivity contribution is 0.100. The lowest BCUT2D eigenvalue weighted by Crippen LogP contribution is -2.13. The predicted molar refractivity (Wildman–Crippen MR) is 60.2 cm³/mol. The van der Waals surface area contributed by atoms with E-state index in [1.54, 1.807) is 18.2 Å². The molecule has 0 atom stereocenters. The first-order valence-electron chi connectivity index (χ1n) is 4.17. The van der Waals surface area contributed by atoms with Gasteiger partial charge in [-0.2, -0.15) is 0 Å². The lowest BCUT2D eigenvalue weighted by atomic mass is 10.1. The topological polar surface area (TPSA) is 61.5 Å². The van der Waals surface area contributed by atoms with Crippen molar-refractivity contribution in [3.8, 4) is 11.5 Å². The highest BCUT2D eigenvalue weighted by Gasteiger charge is 2.07. The molecule has 0 radical (unpaired) electrons. The summed E-state index contributed by atoms with van der Waals surface area (Å²) in [6, 6.07) is 4.97. The molecule has 1 rings (SSSR count). The quantitative estimate of drug-likeness (QED) is 0.793. The Hall–Kier alpha value is -1.26. The second kappa shape index (κ2) is 6.27. The molecular weight excluding hydrogens is 218 g/mol. The van der Waals surface area contributed by atoms with E-state index >= 15 is 0 Å². The highest BCUT2D eigenvalue weighted by Crippen LogP contribution is 2.22. The van der Waals surface area contributed by atoms with E-state index in [-0.39, 0.29) is 24.7 Å². The van der Waals surface area contributed by atoms with E-state index in [9.17, 15) is 4.79 Å². The van der Waals surface area contributed by atoms with Crippen molar-refractivity contribution in [1.82, 2.24) is 0 Å². The molecule has 2 N–H and O–H groups in total. The van der Waals surface area contributed by atoms with Crippen LogP contribution in [0.5, 0.6) is 11.5 Å². The molecule has 1 aromatic rings. The lowest BCUT2D eigenvalue weighted by Gasteiger charge is -2.06. The molecule has 0 aromatic heterocycles. The summed E-state index contributed by atoms with van der Waals surface area (Å²) in [5.41, 5.74) is 5.76. The molecule has 0 saturated heterocycles. The Balaban J connectivity index is 0.00000196. The van der Waals surface area contributed by atoms with E-state index in [0.29, 0.717) is 17.1 Å². The van der Waals surface area contributed by atoms with Crippen LogP contribution in [0.4, 0.5) is 0 Å². The van der Waals surface area contributed by atoms with Gasteiger partial charge >= 0.3 is 0 Å². The summed E-state index contributed by atoms with van der Waals surface area (Å²) in [4.78, 5) is 11.3. The van der Waals surface area contributed by atoms with Crippen molar-refractivity contribution < 1.29 is 14.3 Å². The van der Waals surface area contributed by atoms with Crippen LogP contribution in [0.25, 0.3) is 0 Å². The zero-order valence-corrected chi connectivity index (χ0v) is 9.47. The maximum Gasteiger partial charge on any atom is 0.176 e. The number of carbonyl (C=O) groups excluding carboxylic acids is 1. The fourth-order valence-electron chi connectivity index (χ4n) is 1.09. The van der Waals surface area contributed by atoms with Crippen LogP contribution < -0.4 is 15.2 Å². The third kappa shape index (κ3) is 3.42. The van der Waals surface area contributed by atoms with Gasteiger partial charge in [-0.05, 0) is 12.1 Å². The van der Waals surface area contributed by atoms with Crippen LogP contribution in [0, 0.1) is 0 Å². The summed E-state index contributed by atoms with van der Waals surface area (Å²) in [5.74, 6) is 1.03. The molecular formula is C10H14ClNO3. The normalized spacial score (nSPS) is 9.00. The van der Waals surface area contributed by atoms with Crippen LogP contribution in [0.15, 0.2) is 18.2 Å². The van der Waals surface area contributed by atoms with E-state index in [1.165, 1.54) is 14.2 Å². The molecule has 0 unspecified atom stereocenters. The Morgan fingerprint density at radius 3 is 2.00 bits per heavy atom. The maximum absolute atomic E-state index is 11.3. The van der Waals surface area contributed by atoms with Gasteiger partial charge in [-0.15, -0.1) is 12.4 Å². The molecule has 5 heteroatoms. The summed E-state index contributed by atoms with van der Waals surface area (Å²) in [7, 11) is 3.07. The molecule has 0 aliphatic rings. The first-order valence-corrected chi connectivity index (χ1v) is 4.17. The number of nitrogens with two attached hydrogens (primary N) is 1. The first-order chi connectivity index (χ1) is 6.71. The summed E-state index contributed by atoms with van der Waals surface area (Å²) in [5, 5.41) is 0. The van der Waals surface area contributed by atoms with Crippen molar-refractivity contribution in [2.24, 2.45) is 5.73 Å². The summed E-state index contributed by atoms with van der Waals surface area (Å²) in [6.07, 6.45) is 0. The van der Waals surface area contributed by atoms with Crippen LogP contribution in [0.2, 0.25) is 0 Å². The SMILES string of the molecule is COc1cc(OC)cc(C(=O)CN)c1.Cl. The average molecular weight is 232 g/mol. The predicted octanol–water partition coefficient (Wildman–Crippen LogP) is 1.27. The third-order valence-electron chi connectivity index (χ3n) is 1.86. The number of halogens is 1. The van der Waals surface area contributed by atoms with Crippen molar-refractivity contribution in [3.05, 3.63) is 23.8 Å². The number of carbonyl (C=O) groups is 1. The van der Waals surface area contributed by atoms with Crippen molar-refractivity contribution >= 4 is 18.2 Å². The van der Waals surface area contributed by atoms with Gasteiger partial charge in [0.15, 0.2) is 5.78 Å². The number of ketones is 1. The fourth-order valence-corrected chi connectivity index (χ4v) is 1.09. The minimum atomic E-state index is -0.137. The molecule has 0 spiro atoms. The number of methoxy groups -OCH3 is 2. The van der Waals surface area contributed by atoms with E-state index < -0.39 is 0 Å². The van der Waals surface area contributed by atoms with Gasteiger partial charge in [-0.3, -0.25) is 4.79 Å². The van der Waals surface area contributed by atoms with Crippen LogP contribution in [0.3, 0.4) is 0 Å². The molecule has 15 heavy (non-hydrogen) atoms. The van der Waals surface area contributed by atoms with Gasteiger partial charge in [-0.1, -0.05) is 0 Å². The molecule has 0 aliphatic carbocycles. The molecule has 0 bridgehead atoms. The van der Waals surface area contributed by atoms with E-state index in [1.807, 2.05) is 0 Å². The van der Waals surface area contributed by atoms with Gasteiger partial charge in [0.05, 0.1) is 20.8 Å². The standard InChI is InChI=1S/C10H13NO3.ClH/c1-13-8-3-7(10(12)6-11)4-9(5-8)14-2;/h3-5H,6,11H2,1-2H3;1H. The molecule has 84 valence electrons. The Morgan fingerprint density at radius 2 is 1.67 bits per heavy atom. The first kappa shape index (κ1) is 13.7. The largest absolute Gasteiger partial charge is 0.497 e. The number of hydrogen-bond donors (Lipinski definition) is 1. The fraction of sp³-hybridized carbons (Fsp3) is 0.300. The smallest absolute Gasteiger partial charge is 0.176 e. The number of Topliss-reactive ketones (excluding diaryl/α,β-unsaturated/α-hetero) is 1. The zero-order valence-electron chi connectivity index (χ0n) is 8.65. The molecule has 0 aliphatic heterocycles. The minimum Gasteiger partial charge on any atom is -0.497 e. The van der Waals surface area contributed by atoms with Crippen molar-refractivity contribution in [2.75, 3.05) is 20.8 Å². The van der Waals surface area contributed by atoms with Crippen LogP contribution in [-0.4, -0.2) is 26.5 Å². The van der Waals surface area contributed by atoms with Crippen LogP contribution in [-0.2, 0) is 0 Å². The highest BCUT2D eigenvalue weighted by molar-refractivity contribution is 5.98. The Bertz CT molecular complexity index is 319. The number of rotatable bonds is 4. The van der Waals surface area contributed by atoms with Gasteiger partial charge in [0, 0.05) is 11.6 Å². The van der Waals surface area contributed by atoms with Crippen LogP contribution >= 0.6 is 12.4 Å². The summed E-state index contributed by atoms with van der Waals surface area (Å²) >= 11 is 0.